The van der Waals surface area contributed by atoms with Gasteiger partial charge in [0.25, 0.3) is 0 Å². The van der Waals surface area contributed by atoms with Gasteiger partial charge >= 0.3 is 0 Å². The van der Waals surface area contributed by atoms with E-state index in [0.717, 1.165) is 19.8 Å². The summed E-state index contributed by atoms with van der Waals surface area (Å²) in [6.07, 6.45) is 5.28. The lowest BCUT2D eigenvalue weighted by Gasteiger charge is -2.29. The first-order valence-electron chi connectivity index (χ1n) is 5.74. The molecular formula is C11H21NOS. The van der Waals surface area contributed by atoms with Gasteiger partial charge < -0.3 is 10.1 Å². The lowest BCUT2D eigenvalue weighted by Crippen LogP contribution is -2.43. The Bertz CT molecular complexity index is 174. The lowest BCUT2D eigenvalue weighted by molar-refractivity contribution is 0.0698. The van der Waals surface area contributed by atoms with Crippen LogP contribution in [-0.2, 0) is 4.74 Å². The number of ether oxygens (including phenoxy) is 1. The first kappa shape index (κ1) is 10.8. The van der Waals surface area contributed by atoms with Gasteiger partial charge in [-0.1, -0.05) is 0 Å². The topological polar surface area (TPSA) is 21.3 Å². The molecule has 0 aromatic carbocycles. The smallest absolute Gasteiger partial charge is 0.0619 e. The molecule has 0 spiro atoms. The second kappa shape index (κ2) is 4.86. The summed E-state index contributed by atoms with van der Waals surface area (Å²) in [4.78, 5) is 0. The summed E-state index contributed by atoms with van der Waals surface area (Å²) >= 11 is 2.13. The van der Waals surface area contributed by atoms with E-state index in [9.17, 15) is 0 Å². The van der Waals surface area contributed by atoms with Gasteiger partial charge in [-0.3, -0.25) is 0 Å². The second-order valence-electron chi connectivity index (χ2n) is 4.70. The van der Waals surface area contributed by atoms with Crippen LogP contribution in [0.25, 0.3) is 0 Å². The van der Waals surface area contributed by atoms with Crippen molar-refractivity contribution in [3.8, 4) is 0 Å². The fourth-order valence-corrected chi connectivity index (χ4v) is 3.49. The number of hydrogen-bond acceptors (Lipinski definition) is 3. The zero-order chi connectivity index (χ0) is 9.86. The largest absolute Gasteiger partial charge is 0.380 e. The van der Waals surface area contributed by atoms with Crippen molar-refractivity contribution in [3.63, 3.8) is 0 Å². The second-order valence-corrected chi connectivity index (χ2v) is 6.38. The molecule has 0 saturated carbocycles. The molecule has 0 radical (unpaired) electrons. The van der Waals surface area contributed by atoms with Crippen LogP contribution in [0, 0.1) is 0 Å². The van der Waals surface area contributed by atoms with Gasteiger partial charge in [-0.25, -0.2) is 0 Å². The Hall–Kier alpha value is 0.270. The quantitative estimate of drug-likeness (QED) is 0.778. The average molecular weight is 215 g/mol. The third kappa shape index (κ3) is 2.88. The highest BCUT2D eigenvalue weighted by Crippen LogP contribution is 2.37. The van der Waals surface area contributed by atoms with Crippen molar-refractivity contribution in [2.75, 3.05) is 25.5 Å². The Labute approximate surface area is 91.2 Å². The number of nitrogens with one attached hydrogen (secondary N) is 1. The van der Waals surface area contributed by atoms with E-state index in [0.29, 0.717) is 10.8 Å². The van der Waals surface area contributed by atoms with E-state index in [2.05, 4.69) is 24.0 Å². The van der Waals surface area contributed by atoms with E-state index < -0.39 is 0 Å². The van der Waals surface area contributed by atoms with Gasteiger partial charge in [-0.05, 0) is 38.4 Å². The molecule has 2 aliphatic rings. The Kier molecular flexibility index (Phi) is 3.74. The van der Waals surface area contributed by atoms with Crippen LogP contribution < -0.4 is 5.32 Å². The van der Waals surface area contributed by atoms with Gasteiger partial charge in [-0.2, -0.15) is 11.8 Å². The highest BCUT2D eigenvalue weighted by Gasteiger charge is 2.30. The van der Waals surface area contributed by atoms with Crippen LogP contribution in [0.1, 0.15) is 32.6 Å². The Morgan fingerprint density at radius 2 is 2.43 bits per heavy atom. The molecule has 14 heavy (non-hydrogen) atoms. The molecule has 2 fully saturated rings. The highest BCUT2D eigenvalue weighted by molar-refractivity contribution is 8.00. The fourth-order valence-electron chi connectivity index (χ4n) is 2.24. The fraction of sp³-hybridized carbons (Fsp3) is 1.00. The molecule has 0 aliphatic carbocycles. The van der Waals surface area contributed by atoms with Crippen molar-refractivity contribution in [3.05, 3.63) is 0 Å². The van der Waals surface area contributed by atoms with E-state index >= 15 is 0 Å². The van der Waals surface area contributed by atoms with Crippen LogP contribution in [0.2, 0.25) is 0 Å². The molecule has 2 unspecified atom stereocenters. The van der Waals surface area contributed by atoms with Crippen molar-refractivity contribution in [2.45, 2.75) is 43.4 Å². The standard InChI is InChI=1S/C11H21NOS/c1-11(5-3-7-14-11)9-12-10-4-2-6-13-8-10/h10,12H,2-9H2,1H3. The maximum absolute atomic E-state index is 5.46. The van der Waals surface area contributed by atoms with Crippen molar-refractivity contribution in [2.24, 2.45) is 0 Å². The normalized spacial score (nSPS) is 38.8. The maximum Gasteiger partial charge on any atom is 0.0619 e. The van der Waals surface area contributed by atoms with Crippen LogP contribution in [0.4, 0.5) is 0 Å². The number of thioether (sulfide) groups is 1. The van der Waals surface area contributed by atoms with E-state index in [1.807, 2.05) is 0 Å². The summed E-state index contributed by atoms with van der Waals surface area (Å²) in [5, 5.41) is 3.66. The predicted octanol–water partition coefficient (Wildman–Crippen LogP) is 2.04. The Balaban J connectivity index is 1.70. The van der Waals surface area contributed by atoms with E-state index in [1.54, 1.807) is 0 Å². The van der Waals surface area contributed by atoms with Gasteiger partial charge in [0.2, 0.25) is 0 Å². The summed E-state index contributed by atoms with van der Waals surface area (Å²) in [6, 6.07) is 0.613. The molecule has 1 N–H and O–H groups in total. The minimum atomic E-state index is 0.497. The summed E-state index contributed by atoms with van der Waals surface area (Å²) in [5.74, 6) is 1.35. The SMILES string of the molecule is CC1(CNC2CCCOC2)CCCS1. The molecule has 2 heterocycles. The monoisotopic (exact) mass is 215 g/mol. The zero-order valence-corrected chi connectivity index (χ0v) is 9.87. The van der Waals surface area contributed by atoms with Gasteiger partial charge in [0.15, 0.2) is 0 Å². The van der Waals surface area contributed by atoms with Crippen LogP contribution in [-0.4, -0.2) is 36.3 Å². The molecule has 0 aromatic heterocycles. The maximum atomic E-state index is 5.46. The van der Waals surface area contributed by atoms with Gasteiger partial charge in [0.05, 0.1) is 6.61 Å². The molecule has 0 amide bonds. The minimum absolute atomic E-state index is 0.497. The number of rotatable bonds is 3. The third-order valence-corrected chi connectivity index (χ3v) is 4.76. The summed E-state index contributed by atoms with van der Waals surface area (Å²) in [5.41, 5.74) is 0. The molecule has 2 nitrogen and oxygen atoms in total. The number of hydrogen-bond donors (Lipinski definition) is 1. The summed E-state index contributed by atoms with van der Waals surface area (Å²) < 4.78 is 5.96. The molecule has 0 bridgehead atoms. The Morgan fingerprint density at radius 1 is 1.50 bits per heavy atom. The van der Waals surface area contributed by atoms with Gasteiger partial charge in [0.1, 0.15) is 0 Å². The van der Waals surface area contributed by atoms with Crippen molar-refractivity contribution < 1.29 is 4.74 Å². The van der Waals surface area contributed by atoms with Crippen LogP contribution in [0.3, 0.4) is 0 Å². The summed E-state index contributed by atoms with van der Waals surface area (Å²) in [7, 11) is 0. The molecule has 2 aliphatic heterocycles. The first-order valence-corrected chi connectivity index (χ1v) is 6.72. The average Bonchev–Trinajstić information content (AvgIpc) is 2.65. The Morgan fingerprint density at radius 3 is 3.07 bits per heavy atom. The molecular weight excluding hydrogens is 194 g/mol. The molecule has 3 heteroatoms. The van der Waals surface area contributed by atoms with Crippen molar-refractivity contribution >= 4 is 11.8 Å². The lowest BCUT2D eigenvalue weighted by atomic mass is 10.0. The van der Waals surface area contributed by atoms with Crippen LogP contribution >= 0.6 is 11.8 Å². The first-order chi connectivity index (χ1) is 6.79. The predicted molar refractivity (Wildman–Crippen MR) is 61.9 cm³/mol. The zero-order valence-electron chi connectivity index (χ0n) is 9.05. The van der Waals surface area contributed by atoms with Crippen LogP contribution in [0.15, 0.2) is 0 Å². The molecule has 82 valence electrons. The molecule has 2 rings (SSSR count). The molecule has 2 atom stereocenters. The minimum Gasteiger partial charge on any atom is -0.380 e. The van der Waals surface area contributed by atoms with E-state index in [4.69, 9.17) is 4.74 Å². The van der Waals surface area contributed by atoms with Crippen LogP contribution in [0.5, 0.6) is 0 Å². The highest BCUT2D eigenvalue weighted by atomic mass is 32.2. The summed E-state index contributed by atoms with van der Waals surface area (Å²) in [6.45, 7) is 5.43. The van der Waals surface area contributed by atoms with Crippen molar-refractivity contribution in [1.29, 1.82) is 0 Å². The van der Waals surface area contributed by atoms with E-state index in [1.165, 1.54) is 31.4 Å². The molecule has 2 saturated heterocycles. The molecule has 0 aromatic rings. The third-order valence-electron chi connectivity index (χ3n) is 3.23. The van der Waals surface area contributed by atoms with E-state index in [-0.39, 0.29) is 0 Å². The van der Waals surface area contributed by atoms with Gasteiger partial charge in [0, 0.05) is 23.9 Å². The van der Waals surface area contributed by atoms with Crippen molar-refractivity contribution in [1.82, 2.24) is 5.32 Å². The van der Waals surface area contributed by atoms with Gasteiger partial charge in [-0.15, -0.1) is 0 Å².